The molecule has 7 heteroatoms. The van der Waals surface area contributed by atoms with Gasteiger partial charge < -0.3 is 20.4 Å². The van der Waals surface area contributed by atoms with E-state index < -0.39 is 0 Å². The van der Waals surface area contributed by atoms with Crippen molar-refractivity contribution in [2.24, 2.45) is 5.92 Å². The van der Waals surface area contributed by atoms with Gasteiger partial charge in [-0.15, -0.1) is 12.4 Å². The molecule has 1 aliphatic heterocycles. The van der Waals surface area contributed by atoms with E-state index in [1.807, 2.05) is 0 Å². The monoisotopic (exact) mass is 301 g/mol. The minimum Gasteiger partial charge on any atom is -0.459 e. The van der Waals surface area contributed by atoms with Crippen molar-refractivity contribution in [2.45, 2.75) is 12.8 Å². The second-order valence-electron chi connectivity index (χ2n) is 4.57. The zero-order valence-electron chi connectivity index (χ0n) is 11.2. The summed E-state index contributed by atoms with van der Waals surface area (Å²) in [5, 5.41) is 8.71. The lowest BCUT2D eigenvalue weighted by Crippen LogP contribution is -2.42. The molecule has 1 aromatic rings. The summed E-state index contributed by atoms with van der Waals surface area (Å²) >= 11 is 0. The number of furan rings is 1. The number of carbonyl (C=O) groups is 2. The number of halogens is 1. The van der Waals surface area contributed by atoms with Crippen molar-refractivity contribution in [1.29, 1.82) is 0 Å². The SMILES string of the molecule is Cl.O=C(NCCNC(=O)C1CCCNC1)c1ccco1. The van der Waals surface area contributed by atoms with Crippen LogP contribution in [0.4, 0.5) is 0 Å². The molecule has 1 fully saturated rings. The van der Waals surface area contributed by atoms with Crippen LogP contribution in [0.15, 0.2) is 22.8 Å². The van der Waals surface area contributed by atoms with Crippen LogP contribution < -0.4 is 16.0 Å². The van der Waals surface area contributed by atoms with Gasteiger partial charge >= 0.3 is 0 Å². The maximum absolute atomic E-state index is 11.8. The van der Waals surface area contributed by atoms with Crippen molar-refractivity contribution in [3.05, 3.63) is 24.2 Å². The predicted molar refractivity (Wildman–Crippen MR) is 76.9 cm³/mol. The highest BCUT2D eigenvalue weighted by Gasteiger charge is 2.20. The summed E-state index contributed by atoms with van der Waals surface area (Å²) in [7, 11) is 0. The van der Waals surface area contributed by atoms with Crippen LogP contribution in [-0.4, -0.2) is 38.0 Å². The third-order valence-electron chi connectivity index (χ3n) is 3.12. The Bertz CT molecular complexity index is 417. The Morgan fingerprint density at radius 3 is 2.80 bits per heavy atom. The Hall–Kier alpha value is -1.53. The van der Waals surface area contributed by atoms with E-state index in [4.69, 9.17) is 4.42 Å². The van der Waals surface area contributed by atoms with E-state index in [2.05, 4.69) is 16.0 Å². The van der Waals surface area contributed by atoms with Crippen molar-refractivity contribution in [3.8, 4) is 0 Å². The van der Waals surface area contributed by atoms with Crippen molar-refractivity contribution in [3.63, 3.8) is 0 Å². The van der Waals surface area contributed by atoms with E-state index in [9.17, 15) is 9.59 Å². The molecule has 0 saturated carbocycles. The molecule has 3 N–H and O–H groups in total. The van der Waals surface area contributed by atoms with Gasteiger partial charge in [0.1, 0.15) is 0 Å². The Kier molecular flexibility index (Phi) is 7.11. The van der Waals surface area contributed by atoms with Crippen molar-refractivity contribution in [1.82, 2.24) is 16.0 Å². The van der Waals surface area contributed by atoms with Crippen LogP contribution in [0.3, 0.4) is 0 Å². The molecule has 112 valence electrons. The molecule has 20 heavy (non-hydrogen) atoms. The summed E-state index contributed by atoms with van der Waals surface area (Å²) in [6.07, 6.45) is 3.41. The number of nitrogens with one attached hydrogen (secondary N) is 3. The highest BCUT2D eigenvalue weighted by Crippen LogP contribution is 2.09. The molecule has 2 heterocycles. The van der Waals surface area contributed by atoms with Gasteiger partial charge in [-0.3, -0.25) is 9.59 Å². The summed E-state index contributed by atoms with van der Waals surface area (Å²) in [4.78, 5) is 23.3. The molecule has 1 aromatic heterocycles. The molecule has 0 radical (unpaired) electrons. The van der Waals surface area contributed by atoms with Gasteiger partial charge in [0.2, 0.25) is 5.91 Å². The number of carbonyl (C=O) groups excluding carboxylic acids is 2. The molecule has 0 aliphatic carbocycles. The minimum atomic E-state index is -0.265. The fourth-order valence-corrected chi connectivity index (χ4v) is 2.08. The van der Waals surface area contributed by atoms with E-state index in [0.717, 1.165) is 25.9 Å². The maximum Gasteiger partial charge on any atom is 0.287 e. The first-order chi connectivity index (χ1) is 9.27. The first-order valence-corrected chi connectivity index (χ1v) is 6.57. The van der Waals surface area contributed by atoms with Gasteiger partial charge in [0.15, 0.2) is 5.76 Å². The molecule has 2 amide bonds. The van der Waals surface area contributed by atoms with Gasteiger partial charge in [-0.1, -0.05) is 0 Å². The second-order valence-corrected chi connectivity index (χ2v) is 4.57. The summed E-state index contributed by atoms with van der Waals surface area (Å²) in [6.45, 7) is 2.56. The van der Waals surface area contributed by atoms with Crippen LogP contribution in [0.25, 0.3) is 0 Å². The van der Waals surface area contributed by atoms with E-state index in [1.54, 1.807) is 12.1 Å². The summed E-state index contributed by atoms with van der Waals surface area (Å²) in [6, 6.07) is 3.26. The fourth-order valence-electron chi connectivity index (χ4n) is 2.08. The standard InChI is InChI=1S/C13H19N3O3.ClH/c17-12(10-3-1-5-14-9-10)15-6-7-16-13(18)11-4-2-8-19-11;/h2,4,8,10,14H,1,3,5-7,9H2,(H,15,17)(H,16,18);1H. The molecule has 1 aliphatic rings. The van der Waals surface area contributed by atoms with Crippen LogP contribution in [0, 0.1) is 5.92 Å². The molecule has 1 atom stereocenters. The van der Waals surface area contributed by atoms with Gasteiger partial charge in [-0.25, -0.2) is 0 Å². The quantitative estimate of drug-likeness (QED) is 0.694. The summed E-state index contributed by atoms with van der Waals surface area (Å²) < 4.78 is 4.96. The van der Waals surface area contributed by atoms with Crippen LogP contribution in [-0.2, 0) is 4.79 Å². The zero-order chi connectivity index (χ0) is 13.5. The van der Waals surface area contributed by atoms with Crippen LogP contribution in [0.2, 0.25) is 0 Å². The minimum absolute atomic E-state index is 0. The summed E-state index contributed by atoms with van der Waals surface area (Å²) in [5.41, 5.74) is 0. The van der Waals surface area contributed by atoms with Crippen LogP contribution in [0.1, 0.15) is 23.4 Å². The van der Waals surface area contributed by atoms with Crippen molar-refractivity contribution in [2.75, 3.05) is 26.2 Å². The molecule has 6 nitrogen and oxygen atoms in total. The smallest absolute Gasteiger partial charge is 0.287 e. The van der Waals surface area contributed by atoms with Gasteiger partial charge in [-0.05, 0) is 31.5 Å². The lowest BCUT2D eigenvalue weighted by Gasteiger charge is -2.21. The van der Waals surface area contributed by atoms with Crippen molar-refractivity contribution >= 4 is 24.2 Å². The zero-order valence-corrected chi connectivity index (χ0v) is 12.0. The number of hydrogen-bond donors (Lipinski definition) is 3. The second kappa shape index (κ2) is 8.60. The molecule has 0 spiro atoms. The molecule has 1 unspecified atom stereocenters. The largest absolute Gasteiger partial charge is 0.459 e. The molecule has 0 bridgehead atoms. The average molecular weight is 302 g/mol. The molecule has 1 saturated heterocycles. The average Bonchev–Trinajstić information content (AvgIpc) is 2.98. The Balaban J connectivity index is 0.00000200. The number of rotatable bonds is 5. The van der Waals surface area contributed by atoms with Gasteiger partial charge in [-0.2, -0.15) is 0 Å². The first kappa shape index (κ1) is 16.5. The molecule has 2 rings (SSSR count). The molecule has 0 aromatic carbocycles. The Morgan fingerprint density at radius 1 is 1.35 bits per heavy atom. The van der Waals surface area contributed by atoms with Crippen LogP contribution in [0.5, 0.6) is 0 Å². The van der Waals surface area contributed by atoms with E-state index in [1.165, 1.54) is 6.26 Å². The van der Waals surface area contributed by atoms with E-state index in [0.29, 0.717) is 13.1 Å². The van der Waals surface area contributed by atoms with E-state index >= 15 is 0 Å². The molecular weight excluding hydrogens is 282 g/mol. The van der Waals surface area contributed by atoms with Gasteiger partial charge in [0, 0.05) is 19.6 Å². The van der Waals surface area contributed by atoms with Gasteiger partial charge in [0.25, 0.3) is 5.91 Å². The molecular formula is C13H20ClN3O3. The van der Waals surface area contributed by atoms with E-state index in [-0.39, 0.29) is 35.9 Å². The third kappa shape index (κ3) is 4.86. The number of amides is 2. The Morgan fingerprint density at radius 2 is 2.15 bits per heavy atom. The third-order valence-corrected chi connectivity index (χ3v) is 3.12. The van der Waals surface area contributed by atoms with Gasteiger partial charge in [0.05, 0.1) is 12.2 Å². The Labute approximate surface area is 124 Å². The fraction of sp³-hybridized carbons (Fsp3) is 0.538. The van der Waals surface area contributed by atoms with Crippen molar-refractivity contribution < 1.29 is 14.0 Å². The summed E-state index contributed by atoms with van der Waals surface area (Å²) in [5.74, 6) is 0.121. The highest BCUT2D eigenvalue weighted by atomic mass is 35.5. The number of piperidine rings is 1. The lowest BCUT2D eigenvalue weighted by atomic mass is 9.99. The van der Waals surface area contributed by atoms with Crippen LogP contribution >= 0.6 is 12.4 Å². The number of hydrogen-bond acceptors (Lipinski definition) is 4. The lowest BCUT2D eigenvalue weighted by molar-refractivity contribution is -0.125. The topological polar surface area (TPSA) is 83.4 Å². The maximum atomic E-state index is 11.8. The highest BCUT2D eigenvalue weighted by molar-refractivity contribution is 5.91. The predicted octanol–water partition coefficient (Wildman–Crippen LogP) is 0.547. The normalized spacial score (nSPS) is 17.9. The first-order valence-electron chi connectivity index (χ1n) is 6.57.